The molecule has 66 valence electrons. The molecule has 1 rings (SSSR count). The van der Waals surface area contributed by atoms with Gasteiger partial charge in [-0.1, -0.05) is 0 Å². The van der Waals surface area contributed by atoms with Crippen LogP contribution in [-0.4, -0.2) is 10.6 Å². The van der Waals surface area contributed by atoms with Crippen LogP contribution >= 0.6 is 0 Å². The van der Waals surface area contributed by atoms with Gasteiger partial charge in [0.25, 0.3) is 0 Å². The molecule has 0 saturated heterocycles. The maximum Gasteiger partial charge on any atom is 0.138 e. The Balaban J connectivity index is 2.77. The molecule has 0 aliphatic heterocycles. The van der Waals surface area contributed by atoms with Crippen molar-refractivity contribution in [3.63, 3.8) is 0 Å². The van der Waals surface area contributed by atoms with Crippen molar-refractivity contribution < 1.29 is 4.74 Å². The molecule has 0 spiro atoms. The van der Waals surface area contributed by atoms with Crippen molar-refractivity contribution in [2.45, 2.75) is 33.3 Å². The molecule has 0 amide bonds. The van der Waals surface area contributed by atoms with Gasteiger partial charge in [0.05, 0.1) is 6.20 Å². The number of nitrogens with zero attached hydrogens (tertiary/aromatic N) is 1. The lowest BCUT2D eigenvalue weighted by molar-refractivity contribution is 0.130. The first-order valence-electron chi connectivity index (χ1n) is 4.08. The van der Waals surface area contributed by atoms with Crippen LogP contribution in [0.3, 0.4) is 0 Å². The van der Waals surface area contributed by atoms with Gasteiger partial charge in [0.15, 0.2) is 0 Å². The molecule has 2 heteroatoms. The predicted octanol–water partition coefficient (Wildman–Crippen LogP) is 2.57. The van der Waals surface area contributed by atoms with Crippen LogP contribution in [0.2, 0.25) is 0 Å². The average molecular weight is 165 g/mol. The lowest BCUT2D eigenvalue weighted by Gasteiger charge is -2.20. The minimum absolute atomic E-state index is 0.143. The molecule has 0 aromatic carbocycles. The Hall–Kier alpha value is -1.05. The summed E-state index contributed by atoms with van der Waals surface area (Å²) in [5, 5.41) is 0. The highest BCUT2D eigenvalue weighted by Gasteiger charge is 2.11. The number of rotatable bonds is 1. The molecule has 0 atom stereocenters. The van der Waals surface area contributed by atoms with Crippen molar-refractivity contribution >= 4 is 0 Å². The number of aryl methyl sites for hydroxylation is 1. The Labute approximate surface area is 73.6 Å². The molecule has 0 fully saturated rings. The largest absolute Gasteiger partial charge is 0.487 e. The molecule has 0 radical (unpaired) electrons. The van der Waals surface area contributed by atoms with E-state index in [0.717, 1.165) is 11.3 Å². The lowest BCUT2D eigenvalue weighted by atomic mass is 10.2. The SMILES string of the molecule is Cc1cncc(OC(C)(C)C)c1. The normalized spacial score (nSPS) is 11.3. The number of aromatic nitrogens is 1. The van der Waals surface area contributed by atoms with Crippen LogP contribution in [0.15, 0.2) is 18.5 Å². The van der Waals surface area contributed by atoms with Gasteiger partial charge in [-0.05, 0) is 39.3 Å². The van der Waals surface area contributed by atoms with E-state index in [1.165, 1.54) is 0 Å². The van der Waals surface area contributed by atoms with Gasteiger partial charge in [-0.3, -0.25) is 4.98 Å². The van der Waals surface area contributed by atoms with Gasteiger partial charge in [-0.15, -0.1) is 0 Å². The second-order valence-corrected chi connectivity index (χ2v) is 3.91. The van der Waals surface area contributed by atoms with E-state index in [1.54, 1.807) is 6.20 Å². The van der Waals surface area contributed by atoms with Crippen LogP contribution < -0.4 is 4.74 Å². The predicted molar refractivity (Wildman–Crippen MR) is 49.4 cm³/mol. The summed E-state index contributed by atoms with van der Waals surface area (Å²) in [6.07, 6.45) is 3.55. The van der Waals surface area contributed by atoms with Crippen molar-refractivity contribution in [1.82, 2.24) is 4.98 Å². The summed E-state index contributed by atoms with van der Waals surface area (Å²) in [4.78, 5) is 4.04. The quantitative estimate of drug-likeness (QED) is 0.638. The number of ether oxygens (including phenoxy) is 1. The molecular formula is C10H15NO. The van der Waals surface area contributed by atoms with E-state index in [2.05, 4.69) is 4.98 Å². The minimum Gasteiger partial charge on any atom is -0.487 e. The van der Waals surface area contributed by atoms with Crippen molar-refractivity contribution in [3.8, 4) is 5.75 Å². The molecule has 0 unspecified atom stereocenters. The summed E-state index contributed by atoms with van der Waals surface area (Å²) in [6.45, 7) is 8.07. The first-order valence-corrected chi connectivity index (χ1v) is 4.08. The Morgan fingerprint density at radius 1 is 1.25 bits per heavy atom. The molecule has 1 heterocycles. The molecule has 0 aliphatic carbocycles. The van der Waals surface area contributed by atoms with Crippen molar-refractivity contribution in [2.75, 3.05) is 0 Å². The van der Waals surface area contributed by atoms with E-state index in [0.29, 0.717) is 0 Å². The zero-order valence-electron chi connectivity index (χ0n) is 8.09. The average Bonchev–Trinajstić information content (AvgIpc) is 1.82. The van der Waals surface area contributed by atoms with Gasteiger partial charge < -0.3 is 4.74 Å². The Morgan fingerprint density at radius 3 is 2.42 bits per heavy atom. The van der Waals surface area contributed by atoms with Gasteiger partial charge in [0.2, 0.25) is 0 Å². The van der Waals surface area contributed by atoms with Gasteiger partial charge >= 0.3 is 0 Å². The topological polar surface area (TPSA) is 22.1 Å². The summed E-state index contributed by atoms with van der Waals surface area (Å²) in [5.41, 5.74) is 0.979. The Kier molecular flexibility index (Phi) is 2.36. The first-order chi connectivity index (χ1) is 5.47. The van der Waals surface area contributed by atoms with Gasteiger partial charge in [-0.25, -0.2) is 0 Å². The van der Waals surface area contributed by atoms with Crippen molar-refractivity contribution in [1.29, 1.82) is 0 Å². The molecule has 0 saturated carbocycles. The zero-order chi connectivity index (χ0) is 9.19. The molecule has 12 heavy (non-hydrogen) atoms. The van der Waals surface area contributed by atoms with E-state index in [-0.39, 0.29) is 5.60 Å². The molecule has 1 aromatic rings. The zero-order valence-corrected chi connectivity index (χ0v) is 8.09. The number of pyridine rings is 1. The van der Waals surface area contributed by atoms with Crippen LogP contribution in [0.4, 0.5) is 0 Å². The minimum atomic E-state index is -0.143. The fraction of sp³-hybridized carbons (Fsp3) is 0.500. The van der Waals surface area contributed by atoms with E-state index in [4.69, 9.17) is 4.74 Å². The molecule has 0 aliphatic rings. The number of hydrogen-bond acceptors (Lipinski definition) is 2. The van der Waals surface area contributed by atoms with Crippen LogP contribution in [0, 0.1) is 6.92 Å². The standard InChI is InChI=1S/C10H15NO/c1-8-5-9(7-11-6-8)12-10(2,3)4/h5-7H,1-4H3. The van der Waals surface area contributed by atoms with Crippen LogP contribution in [0.25, 0.3) is 0 Å². The maximum absolute atomic E-state index is 5.62. The summed E-state index contributed by atoms with van der Waals surface area (Å²) in [5.74, 6) is 0.836. The van der Waals surface area contributed by atoms with Gasteiger partial charge in [0, 0.05) is 6.20 Å². The van der Waals surface area contributed by atoms with E-state index < -0.39 is 0 Å². The van der Waals surface area contributed by atoms with Gasteiger partial charge in [-0.2, -0.15) is 0 Å². The maximum atomic E-state index is 5.62. The third-order valence-corrected chi connectivity index (χ3v) is 1.27. The van der Waals surface area contributed by atoms with Crippen LogP contribution in [0.1, 0.15) is 26.3 Å². The fourth-order valence-electron chi connectivity index (χ4n) is 0.937. The lowest BCUT2D eigenvalue weighted by Crippen LogP contribution is -2.23. The van der Waals surface area contributed by atoms with E-state index >= 15 is 0 Å². The van der Waals surface area contributed by atoms with Crippen molar-refractivity contribution in [2.24, 2.45) is 0 Å². The molecule has 0 N–H and O–H groups in total. The summed E-state index contributed by atoms with van der Waals surface area (Å²) in [6, 6.07) is 1.98. The first kappa shape index (κ1) is 9.04. The second-order valence-electron chi connectivity index (χ2n) is 3.91. The highest BCUT2D eigenvalue weighted by Crippen LogP contribution is 2.17. The van der Waals surface area contributed by atoms with Crippen LogP contribution in [0.5, 0.6) is 5.75 Å². The fourth-order valence-corrected chi connectivity index (χ4v) is 0.937. The van der Waals surface area contributed by atoms with E-state index in [9.17, 15) is 0 Å². The van der Waals surface area contributed by atoms with Crippen molar-refractivity contribution in [3.05, 3.63) is 24.0 Å². The molecular weight excluding hydrogens is 150 g/mol. The summed E-state index contributed by atoms with van der Waals surface area (Å²) in [7, 11) is 0. The summed E-state index contributed by atoms with van der Waals surface area (Å²) < 4.78 is 5.62. The monoisotopic (exact) mass is 165 g/mol. The third-order valence-electron chi connectivity index (χ3n) is 1.27. The Bertz CT molecular complexity index is 263. The highest BCUT2D eigenvalue weighted by molar-refractivity contribution is 5.22. The highest BCUT2D eigenvalue weighted by atomic mass is 16.5. The molecule has 2 nitrogen and oxygen atoms in total. The van der Waals surface area contributed by atoms with E-state index in [1.807, 2.05) is 40.0 Å². The Morgan fingerprint density at radius 2 is 1.92 bits per heavy atom. The smallest absolute Gasteiger partial charge is 0.138 e. The summed E-state index contributed by atoms with van der Waals surface area (Å²) >= 11 is 0. The molecule has 0 bridgehead atoms. The van der Waals surface area contributed by atoms with Gasteiger partial charge in [0.1, 0.15) is 11.4 Å². The third kappa shape index (κ3) is 2.91. The number of hydrogen-bond donors (Lipinski definition) is 0. The van der Waals surface area contributed by atoms with Crippen LogP contribution in [-0.2, 0) is 0 Å². The molecule has 1 aromatic heterocycles. The second kappa shape index (κ2) is 3.13.